The summed E-state index contributed by atoms with van der Waals surface area (Å²) >= 11 is 0. The number of ether oxygens (including phenoxy) is 1. The van der Waals surface area contributed by atoms with E-state index >= 15 is 0 Å². The summed E-state index contributed by atoms with van der Waals surface area (Å²) in [6, 6.07) is 20.4. The first kappa shape index (κ1) is 22.5. The summed E-state index contributed by atoms with van der Waals surface area (Å²) in [5.74, 6) is -0.310. The summed E-state index contributed by atoms with van der Waals surface area (Å²) < 4.78 is 32.9. The SMILES string of the molecule is COc1ccc(N2CCN(c3ccc(NS(=O)(=O)c4ccccc4)cc3C(=O)O)CC2)cc1. The number of carboxylic acid groups (broad SMARTS) is 1. The third kappa shape index (κ3) is 5.04. The molecule has 4 rings (SSSR count). The molecule has 0 spiro atoms. The Balaban J connectivity index is 1.50. The Kier molecular flexibility index (Phi) is 6.41. The molecule has 33 heavy (non-hydrogen) atoms. The maximum Gasteiger partial charge on any atom is 0.337 e. The molecular weight excluding hydrogens is 442 g/mol. The van der Waals surface area contributed by atoms with E-state index in [1.54, 1.807) is 37.4 Å². The van der Waals surface area contributed by atoms with E-state index in [-0.39, 0.29) is 16.1 Å². The van der Waals surface area contributed by atoms with E-state index in [0.29, 0.717) is 18.8 Å². The van der Waals surface area contributed by atoms with E-state index in [4.69, 9.17) is 4.74 Å². The van der Waals surface area contributed by atoms with E-state index < -0.39 is 16.0 Å². The molecule has 1 aliphatic heterocycles. The summed E-state index contributed by atoms with van der Waals surface area (Å²) in [5.41, 5.74) is 1.91. The van der Waals surface area contributed by atoms with Crippen LogP contribution in [0.5, 0.6) is 5.75 Å². The van der Waals surface area contributed by atoms with Gasteiger partial charge in [-0.15, -0.1) is 0 Å². The van der Waals surface area contributed by atoms with Crippen LogP contribution in [0, 0.1) is 0 Å². The fraction of sp³-hybridized carbons (Fsp3) is 0.208. The summed E-state index contributed by atoms with van der Waals surface area (Å²) in [6.45, 7) is 2.74. The fourth-order valence-corrected chi connectivity index (χ4v) is 4.93. The number of piperazine rings is 1. The molecule has 0 radical (unpaired) electrons. The highest BCUT2D eigenvalue weighted by Crippen LogP contribution is 2.28. The van der Waals surface area contributed by atoms with Crippen LogP contribution >= 0.6 is 0 Å². The number of rotatable bonds is 7. The van der Waals surface area contributed by atoms with Crippen molar-refractivity contribution in [3.05, 3.63) is 78.4 Å². The number of anilines is 3. The number of hydrogen-bond acceptors (Lipinski definition) is 6. The standard InChI is InChI=1S/C24H25N3O5S/c1-32-20-10-8-19(9-11-20)26-13-15-27(16-14-26)23-12-7-18(17-22(23)24(28)29)25-33(30,31)21-5-3-2-4-6-21/h2-12,17,25H,13-16H2,1H3,(H,28,29). The molecule has 3 aromatic rings. The van der Waals surface area contributed by atoms with Gasteiger partial charge in [0.25, 0.3) is 10.0 Å². The summed E-state index contributed by atoms with van der Waals surface area (Å²) in [4.78, 5) is 16.3. The molecule has 0 aromatic heterocycles. The van der Waals surface area contributed by atoms with Crippen LogP contribution in [0.25, 0.3) is 0 Å². The molecule has 1 saturated heterocycles. The molecule has 0 saturated carbocycles. The normalized spacial score (nSPS) is 14.1. The zero-order valence-corrected chi connectivity index (χ0v) is 19.0. The molecule has 0 bridgehead atoms. The van der Waals surface area contributed by atoms with Crippen molar-refractivity contribution >= 4 is 33.1 Å². The molecule has 3 aromatic carbocycles. The Bertz CT molecular complexity index is 1220. The maximum atomic E-state index is 12.6. The predicted molar refractivity (Wildman–Crippen MR) is 128 cm³/mol. The Labute approximate surface area is 193 Å². The van der Waals surface area contributed by atoms with Gasteiger partial charge in [0.2, 0.25) is 0 Å². The van der Waals surface area contributed by atoms with Crippen LogP contribution in [0.15, 0.2) is 77.7 Å². The highest BCUT2D eigenvalue weighted by atomic mass is 32.2. The Morgan fingerprint density at radius 3 is 2.15 bits per heavy atom. The number of sulfonamides is 1. The number of nitrogens with one attached hydrogen (secondary N) is 1. The quantitative estimate of drug-likeness (QED) is 0.548. The van der Waals surface area contributed by atoms with Crippen LogP contribution < -0.4 is 19.3 Å². The van der Waals surface area contributed by atoms with Gasteiger partial charge < -0.3 is 19.6 Å². The van der Waals surface area contributed by atoms with Crippen molar-refractivity contribution in [2.75, 3.05) is 47.8 Å². The number of aromatic carboxylic acids is 1. The van der Waals surface area contributed by atoms with Gasteiger partial charge in [-0.2, -0.15) is 0 Å². The van der Waals surface area contributed by atoms with Crippen LogP contribution in [0.3, 0.4) is 0 Å². The lowest BCUT2D eigenvalue weighted by Crippen LogP contribution is -2.47. The third-order valence-corrected chi connectivity index (χ3v) is 6.99. The molecule has 2 N–H and O–H groups in total. The van der Waals surface area contributed by atoms with Crippen LogP contribution in [-0.4, -0.2) is 52.8 Å². The zero-order chi connectivity index (χ0) is 23.4. The third-order valence-electron chi connectivity index (χ3n) is 5.59. The topological polar surface area (TPSA) is 99.2 Å². The van der Waals surface area contributed by atoms with Crippen LogP contribution in [0.4, 0.5) is 17.1 Å². The van der Waals surface area contributed by atoms with Gasteiger partial charge in [-0.05, 0) is 54.6 Å². The van der Waals surface area contributed by atoms with Gasteiger partial charge in [0.1, 0.15) is 5.75 Å². The fourth-order valence-electron chi connectivity index (χ4n) is 3.86. The monoisotopic (exact) mass is 467 g/mol. The lowest BCUT2D eigenvalue weighted by Gasteiger charge is -2.38. The van der Waals surface area contributed by atoms with Crippen molar-refractivity contribution in [2.45, 2.75) is 4.90 Å². The number of carboxylic acids is 1. The molecule has 172 valence electrons. The van der Waals surface area contributed by atoms with Gasteiger partial charge in [-0.25, -0.2) is 13.2 Å². The van der Waals surface area contributed by atoms with Gasteiger partial charge in [-0.3, -0.25) is 4.72 Å². The molecule has 0 aliphatic carbocycles. The van der Waals surface area contributed by atoms with Crippen LogP contribution in [-0.2, 0) is 10.0 Å². The number of benzene rings is 3. The predicted octanol–water partition coefficient (Wildman–Crippen LogP) is 3.52. The first-order valence-electron chi connectivity index (χ1n) is 10.5. The van der Waals surface area contributed by atoms with Crippen molar-refractivity contribution in [3.8, 4) is 5.75 Å². The van der Waals surface area contributed by atoms with Gasteiger partial charge >= 0.3 is 5.97 Å². The second kappa shape index (κ2) is 9.41. The Morgan fingerprint density at radius 2 is 1.55 bits per heavy atom. The first-order valence-corrected chi connectivity index (χ1v) is 11.9. The number of methoxy groups -OCH3 is 1. The highest BCUT2D eigenvalue weighted by molar-refractivity contribution is 7.92. The lowest BCUT2D eigenvalue weighted by molar-refractivity contribution is 0.0697. The van der Waals surface area contributed by atoms with Gasteiger partial charge in [0.15, 0.2) is 0 Å². The smallest absolute Gasteiger partial charge is 0.337 e. The first-order chi connectivity index (χ1) is 15.9. The molecule has 0 amide bonds. The van der Waals surface area contributed by atoms with Crippen molar-refractivity contribution < 1.29 is 23.1 Å². The molecular formula is C24H25N3O5S. The van der Waals surface area contributed by atoms with E-state index in [1.807, 2.05) is 29.2 Å². The van der Waals surface area contributed by atoms with Crippen molar-refractivity contribution in [1.29, 1.82) is 0 Å². The second-order valence-corrected chi connectivity index (χ2v) is 9.31. The molecule has 1 heterocycles. The van der Waals surface area contributed by atoms with Crippen LogP contribution in [0.1, 0.15) is 10.4 Å². The summed E-state index contributed by atoms with van der Waals surface area (Å²) in [6.07, 6.45) is 0. The van der Waals surface area contributed by atoms with Gasteiger partial charge in [-0.1, -0.05) is 18.2 Å². The maximum absolute atomic E-state index is 12.6. The molecule has 8 nitrogen and oxygen atoms in total. The number of carbonyl (C=O) groups is 1. The largest absolute Gasteiger partial charge is 0.497 e. The minimum absolute atomic E-state index is 0.0566. The van der Waals surface area contributed by atoms with E-state index in [0.717, 1.165) is 24.5 Å². The number of hydrogen-bond donors (Lipinski definition) is 2. The molecule has 9 heteroatoms. The zero-order valence-electron chi connectivity index (χ0n) is 18.1. The van der Waals surface area contributed by atoms with E-state index in [2.05, 4.69) is 9.62 Å². The van der Waals surface area contributed by atoms with Crippen molar-refractivity contribution in [1.82, 2.24) is 0 Å². The van der Waals surface area contributed by atoms with E-state index in [9.17, 15) is 18.3 Å². The van der Waals surface area contributed by atoms with Crippen molar-refractivity contribution in [2.24, 2.45) is 0 Å². The number of nitrogens with zero attached hydrogens (tertiary/aromatic N) is 2. The van der Waals surface area contributed by atoms with E-state index in [1.165, 1.54) is 18.2 Å². The minimum Gasteiger partial charge on any atom is -0.497 e. The summed E-state index contributed by atoms with van der Waals surface area (Å²) in [7, 11) is -2.18. The van der Waals surface area contributed by atoms with Crippen molar-refractivity contribution in [3.63, 3.8) is 0 Å². The second-order valence-electron chi connectivity index (χ2n) is 7.63. The summed E-state index contributed by atoms with van der Waals surface area (Å²) in [5, 5.41) is 9.79. The molecule has 0 unspecified atom stereocenters. The van der Waals surface area contributed by atoms with Crippen LogP contribution in [0.2, 0.25) is 0 Å². The molecule has 1 fully saturated rings. The Hall–Kier alpha value is -3.72. The molecule has 1 aliphatic rings. The minimum atomic E-state index is -3.81. The van der Waals surface area contributed by atoms with Gasteiger partial charge in [0.05, 0.1) is 23.3 Å². The average molecular weight is 468 g/mol. The Morgan fingerprint density at radius 1 is 0.909 bits per heavy atom. The highest BCUT2D eigenvalue weighted by Gasteiger charge is 2.23. The molecule has 0 atom stereocenters. The lowest BCUT2D eigenvalue weighted by atomic mass is 10.1. The average Bonchev–Trinajstić information content (AvgIpc) is 2.84. The van der Waals surface area contributed by atoms with Gasteiger partial charge in [0, 0.05) is 37.6 Å².